The standard InChI is InChI=1S/C30H26N2OS2/c33-28(22-17-15-21(16-18-22)19-20-9-3-1-4-10-20)32-30-27(23-11-5-2-6-13-25(23)34-30)29-31-24-12-7-8-14-26(24)35-29/h1,3-4,7-10,12,14-18H,2,5-6,11,13,19H2,(H,32,33). The maximum absolute atomic E-state index is 13.3. The molecular formula is C30H26N2OS2. The zero-order valence-electron chi connectivity index (χ0n) is 19.4. The number of amides is 1. The van der Waals surface area contributed by atoms with Gasteiger partial charge in [-0.3, -0.25) is 4.79 Å². The van der Waals surface area contributed by atoms with Gasteiger partial charge in [0.15, 0.2) is 0 Å². The molecule has 174 valence electrons. The lowest BCUT2D eigenvalue weighted by Crippen LogP contribution is -2.11. The van der Waals surface area contributed by atoms with Crippen molar-refractivity contribution in [2.75, 3.05) is 5.32 Å². The molecule has 0 fully saturated rings. The molecule has 1 amide bonds. The normalized spacial score (nSPS) is 13.4. The Morgan fingerprint density at radius 1 is 0.800 bits per heavy atom. The average molecular weight is 495 g/mol. The fourth-order valence-electron chi connectivity index (χ4n) is 4.82. The number of carbonyl (C=O) groups is 1. The first kappa shape index (κ1) is 22.2. The smallest absolute Gasteiger partial charge is 0.256 e. The molecule has 5 aromatic rings. The van der Waals surface area contributed by atoms with Crippen LogP contribution in [0.5, 0.6) is 0 Å². The Kier molecular flexibility index (Phi) is 6.19. The quantitative estimate of drug-likeness (QED) is 0.251. The summed E-state index contributed by atoms with van der Waals surface area (Å²) in [5.74, 6) is -0.0602. The van der Waals surface area contributed by atoms with Gasteiger partial charge in [-0.25, -0.2) is 4.98 Å². The maximum Gasteiger partial charge on any atom is 0.256 e. The molecule has 1 aliphatic rings. The van der Waals surface area contributed by atoms with Gasteiger partial charge in [-0.2, -0.15) is 0 Å². The van der Waals surface area contributed by atoms with E-state index in [2.05, 4.69) is 59.9 Å². The summed E-state index contributed by atoms with van der Waals surface area (Å²) >= 11 is 3.46. The highest BCUT2D eigenvalue weighted by Gasteiger charge is 2.24. The second-order valence-corrected chi connectivity index (χ2v) is 11.2. The summed E-state index contributed by atoms with van der Waals surface area (Å²) in [5, 5.41) is 5.21. The van der Waals surface area contributed by atoms with Crippen molar-refractivity contribution in [3.8, 4) is 10.6 Å². The molecule has 1 N–H and O–H groups in total. The number of fused-ring (bicyclic) bond motifs is 2. The van der Waals surface area contributed by atoms with Crippen LogP contribution in [0.15, 0.2) is 78.9 Å². The topological polar surface area (TPSA) is 42.0 Å². The van der Waals surface area contributed by atoms with Crippen LogP contribution in [0.4, 0.5) is 5.00 Å². The number of thiophene rings is 1. The maximum atomic E-state index is 13.3. The van der Waals surface area contributed by atoms with E-state index in [1.165, 1.54) is 45.5 Å². The van der Waals surface area contributed by atoms with Gasteiger partial charge in [-0.1, -0.05) is 61.0 Å². The summed E-state index contributed by atoms with van der Waals surface area (Å²) in [5.41, 5.74) is 6.70. The van der Waals surface area contributed by atoms with Gasteiger partial charge in [0.2, 0.25) is 0 Å². The fraction of sp³-hybridized carbons (Fsp3) is 0.200. The third kappa shape index (κ3) is 4.66. The summed E-state index contributed by atoms with van der Waals surface area (Å²) in [6.07, 6.45) is 6.67. The lowest BCUT2D eigenvalue weighted by molar-refractivity contribution is 0.102. The minimum atomic E-state index is -0.0602. The molecule has 1 aliphatic carbocycles. The lowest BCUT2D eigenvalue weighted by Gasteiger charge is -2.08. The van der Waals surface area contributed by atoms with Crippen molar-refractivity contribution in [2.45, 2.75) is 38.5 Å². The van der Waals surface area contributed by atoms with Gasteiger partial charge in [0.05, 0.1) is 10.2 Å². The van der Waals surface area contributed by atoms with Crippen LogP contribution in [-0.4, -0.2) is 10.9 Å². The second-order valence-electron chi connectivity index (χ2n) is 9.07. The van der Waals surface area contributed by atoms with Crippen LogP contribution in [0.1, 0.15) is 51.2 Å². The van der Waals surface area contributed by atoms with Crippen molar-refractivity contribution >= 4 is 43.8 Å². The molecule has 0 radical (unpaired) electrons. The van der Waals surface area contributed by atoms with Crippen LogP contribution >= 0.6 is 22.7 Å². The minimum absolute atomic E-state index is 0.0602. The Morgan fingerprint density at radius 3 is 2.37 bits per heavy atom. The first-order chi connectivity index (χ1) is 17.2. The monoisotopic (exact) mass is 494 g/mol. The van der Waals surface area contributed by atoms with E-state index < -0.39 is 0 Å². The third-order valence-electron chi connectivity index (χ3n) is 6.62. The van der Waals surface area contributed by atoms with Crippen molar-refractivity contribution in [3.05, 3.63) is 106 Å². The number of rotatable bonds is 5. The number of nitrogens with zero attached hydrogens (tertiary/aromatic N) is 1. The molecule has 3 nitrogen and oxygen atoms in total. The van der Waals surface area contributed by atoms with Gasteiger partial charge in [-0.05, 0) is 73.1 Å². The summed E-state index contributed by atoms with van der Waals surface area (Å²) in [7, 11) is 0. The Bertz CT molecular complexity index is 1450. The molecule has 3 aromatic carbocycles. The van der Waals surface area contributed by atoms with Gasteiger partial charge in [0, 0.05) is 16.0 Å². The first-order valence-electron chi connectivity index (χ1n) is 12.2. The SMILES string of the molecule is O=C(Nc1sc2c(c1-c1nc3ccccc3s1)CCCCC2)c1ccc(Cc2ccccc2)cc1. The van der Waals surface area contributed by atoms with Gasteiger partial charge < -0.3 is 5.32 Å². The van der Waals surface area contributed by atoms with Gasteiger partial charge in [0.1, 0.15) is 10.0 Å². The van der Waals surface area contributed by atoms with Crippen LogP contribution in [0.3, 0.4) is 0 Å². The van der Waals surface area contributed by atoms with E-state index in [4.69, 9.17) is 4.98 Å². The summed E-state index contributed by atoms with van der Waals surface area (Å²) in [6.45, 7) is 0. The molecule has 35 heavy (non-hydrogen) atoms. The molecule has 0 saturated heterocycles. The predicted molar refractivity (Wildman–Crippen MR) is 148 cm³/mol. The second kappa shape index (κ2) is 9.76. The van der Waals surface area contributed by atoms with Gasteiger partial charge in [-0.15, -0.1) is 22.7 Å². The van der Waals surface area contributed by atoms with Gasteiger partial charge >= 0.3 is 0 Å². The number of aromatic nitrogens is 1. The van der Waals surface area contributed by atoms with Gasteiger partial charge in [0.25, 0.3) is 5.91 Å². The summed E-state index contributed by atoms with van der Waals surface area (Å²) < 4.78 is 1.18. The molecule has 2 heterocycles. The summed E-state index contributed by atoms with van der Waals surface area (Å²) in [4.78, 5) is 19.7. The highest BCUT2D eigenvalue weighted by Crippen LogP contribution is 2.46. The molecular weight excluding hydrogens is 468 g/mol. The Balaban J connectivity index is 1.30. The molecule has 0 saturated carbocycles. The number of thiazole rings is 1. The van der Waals surface area contributed by atoms with Crippen molar-refractivity contribution < 1.29 is 4.79 Å². The number of hydrogen-bond acceptors (Lipinski definition) is 4. The fourth-order valence-corrected chi connectivity index (χ4v) is 7.21. The number of anilines is 1. The Labute approximate surface area is 213 Å². The molecule has 0 aliphatic heterocycles. The third-order valence-corrected chi connectivity index (χ3v) is 8.88. The van der Waals surface area contributed by atoms with Crippen LogP contribution in [0.25, 0.3) is 20.8 Å². The number of para-hydroxylation sites is 1. The molecule has 0 atom stereocenters. The van der Waals surface area contributed by atoms with Crippen LogP contribution < -0.4 is 5.32 Å². The molecule has 2 aromatic heterocycles. The highest BCUT2D eigenvalue weighted by atomic mass is 32.1. The van der Waals surface area contributed by atoms with Crippen molar-refractivity contribution in [1.29, 1.82) is 0 Å². The number of benzene rings is 3. The number of nitrogens with one attached hydrogen (secondary N) is 1. The van der Waals surface area contributed by atoms with Crippen molar-refractivity contribution in [3.63, 3.8) is 0 Å². The van der Waals surface area contributed by atoms with E-state index in [1.807, 2.05) is 24.3 Å². The Hall–Kier alpha value is -3.28. The number of hydrogen-bond donors (Lipinski definition) is 1. The van der Waals surface area contributed by atoms with E-state index in [-0.39, 0.29) is 5.91 Å². The Morgan fingerprint density at radius 2 is 1.54 bits per heavy atom. The molecule has 0 bridgehead atoms. The number of carbonyl (C=O) groups excluding carboxylic acids is 1. The molecule has 5 heteroatoms. The minimum Gasteiger partial charge on any atom is -0.313 e. The average Bonchev–Trinajstić information content (AvgIpc) is 3.38. The number of aryl methyl sites for hydroxylation is 1. The summed E-state index contributed by atoms with van der Waals surface area (Å²) in [6, 6.07) is 26.7. The van der Waals surface area contributed by atoms with E-state index in [1.54, 1.807) is 22.7 Å². The largest absolute Gasteiger partial charge is 0.313 e. The van der Waals surface area contributed by atoms with E-state index in [0.717, 1.165) is 40.4 Å². The van der Waals surface area contributed by atoms with E-state index >= 15 is 0 Å². The molecule has 0 spiro atoms. The van der Waals surface area contributed by atoms with Crippen LogP contribution in [0.2, 0.25) is 0 Å². The van der Waals surface area contributed by atoms with Crippen LogP contribution in [-0.2, 0) is 19.3 Å². The molecule has 0 unspecified atom stereocenters. The first-order valence-corrected chi connectivity index (χ1v) is 13.8. The molecule has 6 rings (SSSR count). The zero-order valence-corrected chi connectivity index (χ0v) is 21.1. The predicted octanol–water partition coefficient (Wildman–Crippen LogP) is 8.14. The van der Waals surface area contributed by atoms with E-state index in [9.17, 15) is 4.79 Å². The lowest BCUT2D eigenvalue weighted by atomic mass is 10.0. The van der Waals surface area contributed by atoms with Crippen molar-refractivity contribution in [1.82, 2.24) is 4.98 Å². The highest BCUT2D eigenvalue weighted by molar-refractivity contribution is 7.23. The zero-order chi connectivity index (χ0) is 23.6. The van der Waals surface area contributed by atoms with Crippen LogP contribution in [0, 0.1) is 0 Å². The van der Waals surface area contributed by atoms with E-state index in [0.29, 0.717) is 5.56 Å². The van der Waals surface area contributed by atoms with Crippen molar-refractivity contribution in [2.24, 2.45) is 0 Å².